The van der Waals surface area contributed by atoms with Crippen molar-refractivity contribution in [2.75, 3.05) is 6.61 Å². The smallest absolute Gasteiger partial charge is 0.344 e. The molecule has 1 aromatic carbocycles. The van der Waals surface area contributed by atoms with Crippen LogP contribution in [-0.2, 0) is 25.6 Å². The number of hydrogen-bond donors (Lipinski definition) is 0. The summed E-state index contributed by atoms with van der Waals surface area (Å²) >= 11 is 12.5. The molecule has 0 saturated carbocycles. The molecule has 0 fully saturated rings. The average Bonchev–Trinajstić information content (AvgIpc) is 2.86. The number of rotatable bonds is 6. The van der Waals surface area contributed by atoms with Crippen molar-refractivity contribution in [3.63, 3.8) is 0 Å². The van der Waals surface area contributed by atoms with E-state index >= 15 is 0 Å². The highest BCUT2D eigenvalue weighted by Crippen LogP contribution is 2.26. The van der Waals surface area contributed by atoms with Crippen LogP contribution in [0.15, 0.2) is 24.3 Å². The Morgan fingerprint density at radius 2 is 1.79 bits per heavy atom. The van der Waals surface area contributed by atoms with Gasteiger partial charge in [-0.2, -0.15) is 5.10 Å². The van der Waals surface area contributed by atoms with Gasteiger partial charge in [-0.15, -0.1) is 0 Å². The third-order valence-electron chi connectivity index (χ3n) is 3.95. The Balaban J connectivity index is 2.06. The van der Waals surface area contributed by atoms with Crippen LogP contribution < -0.4 is 0 Å². The minimum atomic E-state index is -0.642. The molecular formula is C21H24Cl2N2O4. The van der Waals surface area contributed by atoms with Crippen LogP contribution >= 0.6 is 23.2 Å². The number of hydrogen-bond acceptors (Lipinski definition) is 5. The molecule has 0 amide bonds. The van der Waals surface area contributed by atoms with Gasteiger partial charge in [0.1, 0.15) is 5.60 Å². The van der Waals surface area contributed by atoms with Crippen molar-refractivity contribution >= 4 is 41.2 Å². The molecule has 1 heterocycles. The zero-order valence-electron chi connectivity index (χ0n) is 17.1. The van der Waals surface area contributed by atoms with Crippen LogP contribution in [0, 0.1) is 13.8 Å². The summed E-state index contributed by atoms with van der Waals surface area (Å²) < 4.78 is 11.8. The van der Waals surface area contributed by atoms with Crippen molar-refractivity contribution in [3.8, 4) is 0 Å². The fourth-order valence-corrected chi connectivity index (χ4v) is 3.16. The van der Waals surface area contributed by atoms with Gasteiger partial charge in [0.05, 0.1) is 12.2 Å². The van der Waals surface area contributed by atoms with E-state index in [9.17, 15) is 9.59 Å². The Bertz CT molecular complexity index is 923. The van der Waals surface area contributed by atoms with Gasteiger partial charge < -0.3 is 9.47 Å². The summed E-state index contributed by atoms with van der Waals surface area (Å²) in [6, 6.07) is 5.33. The van der Waals surface area contributed by atoms with Crippen molar-refractivity contribution in [2.24, 2.45) is 0 Å². The Morgan fingerprint density at radius 1 is 1.17 bits per heavy atom. The van der Waals surface area contributed by atoms with E-state index < -0.39 is 24.1 Å². The summed E-state index contributed by atoms with van der Waals surface area (Å²) in [5, 5.41) is 5.63. The largest absolute Gasteiger partial charge is 0.457 e. The van der Waals surface area contributed by atoms with Crippen LogP contribution in [0.2, 0.25) is 10.0 Å². The van der Waals surface area contributed by atoms with Gasteiger partial charge in [0.15, 0.2) is 6.61 Å². The quantitative estimate of drug-likeness (QED) is 0.480. The summed E-state index contributed by atoms with van der Waals surface area (Å²) in [5.41, 5.74) is 2.50. The maximum Gasteiger partial charge on any atom is 0.344 e. The Labute approximate surface area is 180 Å². The molecule has 0 aliphatic rings. The highest BCUT2D eigenvalue weighted by molar-refractivity contribution is 6.35. The highest BCUT2D eigenvalue weighted by Gasteiger charge is 2.17. The van der Waals surface area contributed by atoms with Gasteiger partial charge in [0.2, 0.25) is 0 Å². The van der Waals surface area contributed by atoms with E-state index in [1.807, 2.05) is 13.8 Å². The molecule has 0 atom stereocenters. The second kappa shape index (κ2) is 9.46. The van der Waals surface area contributed by atoms with Gasteiger partial charge in [-0.05, 0) is 52.8 Å². The monoisotopic (exact) mass is 438 g/mol. The first-order chi connectivity index (χ1) is 13.5. The zero-order chi connectivity index (χ0) is 21.8. The maximum atomic E-state index is 11.9. The summed E-state index contributed by atoms with van der Waals surface area (Å²) in [6.07, 6.45) is 2.87. The van der Waals surface area contributed by atoms with E-state index in [2.05, 4.69) is 5.10 Å². The molecule has 2 rings (SSSR count). The van der Waals surface area contributed by atoms with Gasteiger partial charge in [-0.1, -0.05) is 29.3 Å². The zero-order valence-corrected chi connectivity index (χ0v) is 18.6. The van der Waals surface area contributed by atoms with Crippen LogP contribution in [0.5, 0.6) is 0 Å². The Kier molecular flexibility index (Phi) is 7.49. The predicted molar refractivity (Wildman–Crippen MR) is 113 cm³/mol. The molecule has 0 aliphatic heterocycles. The number of carbonyl (C=O) groups is 2. The second-order valence-corrected chi connectivity index (χ2v) is 8.28. The van der Waals surface area contributed by atoms with Crippen LogP contribution in [0.1, 0.15) is 43.3 Å². The molecule has 0 radical (unpaired) electrons. The normalized spacial score (nSPS) is 11.7. The van der Waals surface area contributed by atoms with E-state index in [-0.39, 0.29) is 0 Å². The van der Waals surface area contributed by atoms with E-state index in [0.717, 1.165) is 22.5 Å². The highest BCUT2D eigenvalue weighted by atomic mass is 35.5. The first kappa shape index (κ1) is 23.0. The van der Waals surface area contributed by atoms with Gasteiger partial charge in [-0.3, -0.25) is 4.68 Å². The summed E-state index contributed by atoms with van der Waals surface area (Å²) in [6.45, 7) is 8.91. The number of aryl methyl sites for hydroxylation is 1. The first-order valence-electron chi connectivity index (χ1n) is 9.01. The molecule has 0 bridgehead atoms. The van der Waals surface area contributed by atoms with Crippen LogP contribution in [0.3, 0.4) is 0 Å². The van der Waals surface area contributed by atoms with E-state index in [4.69, 9.17) is 32.7 Å². The topological polar surface area (TPSA) is 70.4 Å². The molecule has 2 aromatic rings. The predicted octanol–water partition coefficient (Wildman–Crippen LogP) is 4.75. The number of nitrogens with zero attached hydrogens (tertiary/aromatic N) is 2. The van der Waals surface area contributed by atoms with Crippen molar-refractivity contribution < 1.29 is 19.1 Å². The first-order valence-corrected chi connectivity index (χ1v) is 9.77. The van der Waals surface area contributed by atoms with Crippen molar-refractivity contribution in [1.29, 1.82) is 0 Å². The van der Waals surface area contributed by atoms with E-state index in [1.54, 1.807) is 49.7 Å². The van der Waals surface area contributed by atoms with E-state index in [1.165, 1.54) is 6.08 Å². The molecule has 1 aromatic heterocycles. The molecule has 0 N–H and O–H groups in total. The summed E-state index contributed by atoms with van der Waals surface area (Å²) in [5.74, 6) is -1.24. The lowest BCUT2D eigenvalue weighted by atomic mass is 10.1. The molecular weight excluding hydrogens is 415 g/mol. The fraction of sp³-hybridized carbons (Fsp3) is 0.381. The number of ether oxygens (including phenoxy) is 2. The van der Waals surface area contributed by atoms with Gasteiger partial charge in [0, 0.05) is 32.9 Å². The molecule has 8 heteroatoms. The number of halogens is 2. The lowest BCUT2D eigenvalue weighted by molar-refractivity contribution is -0.164. The van der Waals surface area contributed by atoms with Gasteiger partial charge in [-0.25, -0.2) is 9.59 Å². The van der Waals surface area contributed by atoms with Gasteiger partial charge >= 0.3 is 11.9 Å². The van der Waals surface area contributed by atoms with Crippen LogP contribution in [-0.4, -0.2) is 33.9 Å². The molecule has 0 spiro atoms. The molecule has 0 unspecified atom stereocenters. The minimum Gasteiger partial charge on any atom is -0.457 e. The Morgan fingerprint density at radius 3 is 2.38 bits per heavy atom. The average molecular weight is 439 g/mol. The number of benzene rings is 1. The van der Waals surface area contributed by atoms with Crippen molar-refractivity contribution in [1.82, 2.24) is 9.78 Å². The lowest BCUT2D eigenvalue weighted by Gasteiger charge is -2.19. The van der Waals surface area contributed by atoms with E-state index in [0.29, 0.717) is 16.6 Å². The second-order valence-electron chi connectivity index (χ2n) is 7.47. The number of esters is 2. The van der Waals surface area contributed by atoms with Crippen LogP contribution in [0.25, 0.3) is 6.08 Å². The van der Waals surface area contributed by atoms with Crippen LogP contribution in [0.4, 0.5) is 0 Å². The van der Waals surface area contributed by atoms with Crippen molar-refractivity contribution in [2.45, 2.75) is 46.8 Å². The Hall–Kier alpha value is -2.31. The molecule has 0 aliphatic carbocycles. The number of aromatic nitrogens is 2. The number of carbonyl (C=O) groups excluding carboxylic acids is 2. The summed E-state index contributed by atoms with van der Waals surface area (Å²) in [7, 11) is 0. The third kappa shape index (κ3) is 6.61. The summed E-state index contributed by atoms with van der Waals surface area (Å²) in [4.78, 5) is 23.5. The molecule has 156 valence electrons. The standard InChI is InChI=1S/C21H24Cl2N2O4/c1-13-15(9-10-19(26)28-12-20(27)29-21(3,4)5)14(2)25(24-13)11-16-17(22)7-6-8-18(16)23/h6-10H,11-12H2,1-5H3/b10-9-. The molecule has 0 saturated heterocycles. The van der Waals surface area contributed by atoms with Gasteiger partial charge in [0.25, 0.3) is 0 Å². The fourth-order valence-electron chi connectivity index (χ4n) is 2.64. The van der Waals surface area contributed by atoms with Crippen molar-refractivity contribution in [3.05, 3.63) is 56.8 Å². The maximum absolute atomic E-state index is 11.9. The minimum absolute atomic E-state index is 0.405. The SMILES string of the molecule is Cc1nn(Cc2c(Cl)cccc2Cl)c(C)c1/C=C\C(=O)OCC(=O)OC(C)(C)C. The third-order valence-corrected chi connectivity index (χ3v) is 4.65. The lowest BCUT2D eigenvalue weighted by Crippen LogP contribution is -2.27. The molecule has 29 heavy (non-hydrogen) atoms. The molecule has 6 nitrogen and oxygen atoms in total.